The van der Waals surface area contributed by atoms with Crippen molar-refractivity contribution in [2.24, 2.45) is 0 Å². The fourth-order valence-electron chi connectivity index (χ4n) is 2.66. The van der Waals surface area contributed by atoms with Crippen LogP contribution in [0.5, 0.6) is 0 Å². The summed E-state index contributed by atoms with van der Waals surface area (Å²) in [6.07, 6.45) is 2.27. The van der Waals surface area contributed by atoms with Crippen LogP contribution in [0.3, 0.4) is 0 Å². The Kier molecular flexibility index (Phi) is 6.06. The Hall–Kier alpha value is -1.07. The number of likely N-dealkylation sites (N-methyl/N-ethyl adjacent to an activating group) is 1. The third-order valence-corrected chi connectivity index (χ3v) is 4.35. The molecule has 5 heteroatoms. The zero-order valence-electron chi connectivity index (χ0n) is 12.9. The van der Waals surface area contributed by atoms with Crippen molar-refractivity contribution in [2.45, 2.75) is 26.3 Å². The fourth-order valence-corrected chi connectivity index (χ4v) is 3.01. The molecule has 1 amide bonds. The zero-order valence-corrected chi connectivity index (χ0v) is 14.4. The van der Waals surface area contributed by atoms with Gasteiger partial charge in [-0.15, -0.1) is 0 Å². The molecule has 116 valence electrons. The van der Waals surface area contributed by atoms with Crippen LogP contribution in [0.15, 0.2) is 22.7 Å². The molecule has 1 aliphatic rings. The number of amides is 1. The number of hydrogen-bond acceptors (Lipinski definition) is 3. The van der Waals surface area contributed by atoms with Gasteiger partial charge in [0.15, 0.2) is 0 Å². The van der Waals surface area contributed by atoms with Gasteiger partial charge in [0.2, 0.25) is 5.91 Å². The monoisotopic (exact) mass is 353 g/mol. The third kappa shape index (κ3) is 4.45. The average Bonchev–Trinajstić information content (AvgIpc) is 3.00. The summed E-state index contributed by atoms with van der Waals surface area (Å²) < 4.78 is 1.04. The van der Waals surface area contributed by atoms with Gasteiger partial charge in [-0.3, -0.25) is 4.79 Å². The fraction of sp³-hybridized carbons (Fsp3) is 0.562. The molecule has 0 spiro atoms. The van der Waals surface area contributed by atoms with Crippen LogP contribution in [0.25, 0.3) is 0 Å². The molecule has 21 heavy (non-hydrogen) atoms. The van der Waals surface area contributed by atoms with Crippen molar-refractivity contribution in [3.05, 3.63) is 28.2 Å². The molecule has 1 heterocycles. The SMILES string of the molecule is CCNCc1ccc(Br)cc1N(C)CC(=O)N1CCCC1. The molecule has 0 radical (unpaired) electrons. The van der Waals surface area contributed by atoms with E-state index in [1.807, 2.05) is 18.0 Å². The summed E-state index contributed by atoms with van der Waals surface area (Å²) in [4.78, 5) is 16.3. The number of hydrogen-bond donors (Lipinski definition) is 1. The summed E-state index contributed by atoms with van der Waals surface area (Å²) in [7, 11) is 1.99. The number of carbonyl (C=O) groups excluding carboxylic acids is 1. The highest BCUT2D eigenvalue weighted by molar-refractivity contribution is 9.10. The molecule has 1 aromatic rings. The minimum absolute atomic E-state index is 0.226. The molecule has 1 N–H and O–H groups in total. The molecular formula is C16H24BrN3O. The van der Waals surface area contributed by atoms with Crippen molar-refractivity contribution in [3.63, 3.8) is 0 Å². The Morgan fingerprint density at radius 1 is 1.38 bits per heavy atom. The normalized spacial score (nSPS) is 14.5. The second-order valence-corrected chi connectivity index (χ2v) is 6.41. The van der Waals surface area contributed by atoms with E-state index in [4.69, 9.17) is 0 Å². The Labute approximate surface area is 135 Å². The Morgan fingerprint density at radius 2 is 2.10 bits per heavy atom. The van der Waals surface area contributed by atoms with E-state index in [1.165, 1.54) is 5.56 Å². The molecule has 0 aliphatic carbocycles. The predicted octanol–water partition coefficient (Wildman–Crippen LogP) is 2.62. The number of nitrogens with one attached hydrogen (secondary N) is 1. The highest BCUT2D eigenvalue weighted by atomic mass is 79.9. The lowest BCUT2D eigenvalue weighted by Crippen LogP contribution is -2.37. The average molecular weight is 354 g/mol. The van der Waals surface area contributed by atoms with Crippen LogP contribution in [0.2, 0.25) is 0 Å². The molecule has 4 nitrogen and oxygen atoms in total. The van der Waals surface area contributed by atoms with Crippen molar-refractivity contribution in [3.8, 4) is 0 Å². The number of rotatable bonds is 6. The maximum atomic E-state index is 12.3. The summed E-state index contributed by atoms with van der Waals surface area (Å²) in [6.45, 7) is 6.12. The van der Waals surface area contributed by atoms with Crippen LogP contribution in [0.1, 0.15) is 25.3 Å². The Bertz CT molecular complexity index is 486. The maximum Gasteiger partial charge on any atom is 0.242 e. The predicted molar refractivity (Wildman–Crippen MR) is 90.6 cm³/mol. The van der Waals surface area contributed by atoms with E-state index in [-0.39, 0.29) is 5.91 Å². The number of anilines is 1. The van der Waals surface area contributed by atoms with Gasteiger partial charge in [-0.1, -0.05) is 28.9 Å². The molecule has 1 saturated heterocycles. The first kappa shape index (κ1) is 16.3. The van der Waals surface area contributed by atoms with Gasteiger partial charge in [-0.25, -0.2) is 0 Å². The van der Waals surface area contributed by atoms with Gasteiger partial charge in [0.05, 0.1) is 6.54 Å². The van der Waals surface area contributed by atoms with E-state index in [0.29, 0.717) is 6.54 Å². The van der Waals surface area contributed by atoms with E-state index in [1.54, 1.807) is 0 Å². The molecule has 1 aromatic carbocycles. The van der Waals surface area contributed by atoms with E-state index in [9.17, 15) is 4.79 Å². The molecule has 1 aliphatic heterocycles. The van der Waals surface area contributed by atoms with E-state index < -0.39 is 0 Å². The number of nitrogens with zero attached hydrogens (tertiary/aromatic N) is 2. The molecule has 0 atom stereocenters. The van der Waals surface area contributed by atoms with Gasteiger partial charge >= 0.3 is 0 Å². The molecule has 0 saturated carbocycles. The van der Waals surface area contributed by atoms with Crippen LogP contribution in [-0.4, -0.2) is 44.0 Å². The maximum absolute atomic E-state index is 12.3. The van der Waals surface area contributed by atoms with E-state index >= 15 is 0 Å². The highest BCUT2D eigenvalue weighted by Crippen LogP contribution is 2.24. The second-order valence-electron chi connectivity index (χ2n) is 5.50. The summed E-state index contributed by atoms with van der Waals surface area (Å²) in [5.74, 6) is 0.226. The molecule has 0 unspecified atom stereocenters. The largest absolute Gasteiger partial charge is 0.365 e. The lowest BCUT2D eigenvalue weighted by Gasteiger charge is -2.25. The van der Waals surface area contributed by atoms with Crippen molar-refractivity contribution < 1.29 is 4.79 Å². The number of likely N-dealkylation sites (tertiary alicyclic amines) is 1. The highest BCUT2D eigenvalue weighted by Gasteiger charge is 2.20. The topological polar surface area (TPSA) is 35.6 Å². The number of halogens is 1. The summed E-state index contributed by atoms with van der Waals surface area (Å²) >= 11 is 3.52. The number of carbonyl (C=O) groups is 1. The summed E-state index contributed by atoms with van der Waals surface area (Å²) in [5.41, 5.74) is 2.33. The van der Waals surface area contributed by atoms with Gasteiger partial charge < -0.3 is 15.1 Å². The quantitative estimate of drug-likeness (QED) is 0.853. The number of benzene rings is 1. The first-order valence-electron chi connectivity index (χ1n) is 7.60. The second kappa shape index (κ2) is 7.80. The van der Waals surface area contributed by atoms with Crippen LogP contribution in [-0.2, 0) is 11.3 Å². The first-order valence-corrected chi connectivity index (χ1v) is 8.39. The Balaban J connectivity index is 2.07. The first-order chi connectivity index (χ1) is 10.1. The molecule has 2 rings (SSSR count). The van der Waals surface area contributed by atoms with E-state index in [2.05, 4.69) is 45.2 Å². The van der Waals surface area contributed by atoms with Gasteiger partial charge in [0, 0.05) is 36.8 Å². The minimum atomic E-state index is 0.226. The Morgan fingerprint density at radius 3 is 2.76 bits per heavy atom. The van der Waals surface area contributed by atoms with E-state index in [0.717, 1.165) is 49.2 Å². The minimum Gasteiger partial charge on any atom is -0.365 e. The summed E-state index contributed by atoms with van der Waals surface area (Å²) in [6, 6.07) is 6.25. The summed E-state index contributed by atoms with van der Waals surface area (Å²) in [5, 5.41) is 3.35. The van der Waals surface area contributed by atoms with Crippen molar-refractivity contribution >= 4 is 27.5 Å². The van der Waals surface area contributed by atoms with Crippen LogP contribution >= 0.6 is 15.9 Å². The third-order valence-electron chi connectivity index (χ3n) is 3.86. The van der Waals surface area contributed by atoms with Crippen LogP contribution in [0.4, 0.5) is 5.69 Å². The van der Waals surface area contributed by atoms with Crippen molar-refractivity contribution in [1.29, 1.82) is 0 Å². The van der Waals surface area contributed by atoms with Gasteiger partial charge in [-0.2, -0.15) is 0 Å². The van der Waals surface area contributed by atoms with Crippen molar-refractivity contribution in [2.75, 3.05) is 38.1 Å². The molecule has 0 bridgehead atoms. The zero-order chi connectivity index (χ0) is 15.2. The van der Waals surface area contributed by atoms with Crippen LogP contribution in [0, 0.1) is 0 Å². The van der Waals surface area contributed by atoms with Crippen molar-refractivity contribution in [1.82, 2.24) is 10.2 Å². The standard InChI is InChI=1S/C16H24BrN3O/c1-3-18-11-13-6-7-14(17)10-15(13)19(2)12-16(21)20-8-4-5-9-20/h6-7,10,18H,3-5,8-9,11-12H2,1-2H3. The molecule has 0 aromatic heterocycles. The molecular weight excluding hydrogens is 330 g/mol. The van der Waals surface area contributed by atoms with Crippen LogP contribution < -0.4 is 10.2 Å². The lowest BCUT2D eigenvalue weighted by atomic mass is 10.1. The smallest absolute Gasteiger partial charge is 0.242 e. The van der Waals surface area contributed by atoms with Gasteiger partial charge in [0.1, 0.15) is 0 Å². The van der Waals surface area contributed by atoms with Gasteiger partial charge in [-0.05, 0) is 37.1 Å². The lowest BCUT2D eigenvalue weighted by molar-refractivity contribution is -0.128. The molecule has 1 fully saturated rings. The van der Waals surface area contributed by atoms with Gasteiger partial charge in [0.25, 0.3) is 0 Å².